The number of nitrogens with zero attached hydrogens (tertiary/aromatic N) is 1. The molecule has 2 nitrogen and oxygen atoms in total. The normalized spacial score (nSPS) is 10.9. The molecule has 0 aliphatic heterocycles. The molecule has 1 heterocycles. The van der Waals surface area contributed by atoms with Gasteiger partial charge < -0.3 is 5.11 Å². The lowest BCUT2D eigenvalue weighted by atomic mass is 10.1. The molecule has 1 aromatic heterocycles. The van der Waals surface area contributed by atoms with Crippen LogP contribution in [0, 0.1) is 13.8 Å². The number of aromatic nitrogens is 1. The van der Waals surface area contributed by atoms with Gasteiger partial charge in [0.05, 0.1) is 12.3 Å². The third-order valence-electron chi connectivity index (χ3n) is 1.93. The summed E-state index contributed by atoms with van der Waals surface area (Å²) in [6.45, 7) is 2.87. The topological polar surface area (TPSA) is 33.1 Å². The van der Waals surface area contributed by atoms with Crippen LogP contribution >= 0.6 is 0 Å². The predicted octanol–water partition coefficient (Wildman–Crippen LogP) is 2.13. The third kappa shape index (κ3) is 2.01. The first-order valence-corrected chi connectivity index (χ1v) is 3.92. The fourth-order valence-electron chi connectivity index (χ4n) is 1.21. The van der Waals surface area contributed by atoms with E-state index < -0.39 is 6.43 Å². The fraction of sp³-hybridized carbons (Fsp3) is 0.444. The first-order chi connectivity index (χ1) is 6.06. The number of halogens is 2. The highest BCUT2D eigenvalue weighted by atomic mass is 19.3. The van der Waals surface area contributed by atoms with Crippen molar-refractivity contribution in [3.8, 4) is 0 Å². The molecule has 0 aliphatic carbocycles. The molecular formula is C9H11F2NO. The minimum atomic E-state index is -2.51. The van der Waals surface area contributed by atoms with Crippen LogP contribution in [0.4, 0.5) is 8.78 Å². The molecule has 0 radical (unpaired) electrons. The molecule has 72 valence electrons. The van der Waals surface area contributed by atoms with E-state index in [1.165, 1.54) is 6.07 Å². The molecule has 0 saturated heterocycles. The molecule has 0 fully saturated rings. The summed E-state index contributed by atoms with van der Waals surface area (Å²) >= 11 is 0. The second-order valence-electron chi connectivity index (χ2n) is 2.88. The van der Waals surface area contributed by atoms with Crippen LogP contribution in [0.15, 0.2) is 6.07 Å². The first-order valence-electron chi connectivity index (χ1n) is 3.92. The van der Waals surface area contributed by atoms with Gasteiger partial charge >= 0.3 is 0 Å². The number of alkyl halides is 2. The van der Waals surface area contributed by atoms with Crippen molar-refractivity contribution in [1.82, 2.24) is 4.98 Å². The molecule has 1 N–H and O–H groups in total. The SMILES string of the molecule is Cc1cc(C(F)F)c(C)c(CO)n1. The number of aryl methyl sites for hydroxylation is 1. The van der Waals surface area contributed by atoms with Gasteiger partial charge in [-0.05, 0) is 25.5 Å². The lowest BCUT2D eigenvalue weighted by molar-refractivity contribution is 0.150. The van der Waals surface area contributed by atoms with Crippen molar-refractivity contribution in [2.75, 3.05) is 0 Å². The van der Waals surface area contributed by atoms with Crippen LogP contribution in [0.5, 0.6) is 0 Å². The largest absolute Gasteiger partial charge is 0.390 e. The zero-order chi connectivity index (χ0) is 10.0. The van der Waals surface area contributed by atoms with Crippen LogP contribution in [0.3, 0.4) is 0 Å². The van der Waals surface area contributed by atoms with Crippen LogP contribution in [0.1, 0.15) is 28.9 Å². The average Bonchev–Trinajstić information content (AvgIpc) is 2.08. The van der Waals surface area contributed by atoms with Gasteiger partial charge in [0.15, 0.2) is 0 Å². The molecule has 0 atom stereocenters. The number of rotatable bonds is 2. The lowest BCUT2D eigenvalue weighted by Crippen LogP contribution is -2.01. The number of aliphatic hydroxyl groups excluding tert-OH is 1. The van der Waals surface area contributed by atoms with E-state index in [2.05, 4.69) is 4.98 Å². The van der Waals surface area contributed by atoms with E-state index in [0.29, 0.717) is 17.0 Å². The van der Waals surface area contributed by atoms with Gasteiger partial charge in [0.25, 0.3) is 6.43 Å². The van der Waals surface area contributed by atoms with Crippen molar-refractivity contribution < 1.29 is 13.9 Å². The average molecular weight is 187 g/mol. The van der Waals surface area contributed by atoms with E-state index in [1.807, 2.05) is 0 Å². The minimum Gasteiger partial charge on any atom is -0.390 e. The molecule has 0 saturated carbocycles. The summed E-state index contributed by atoms with van der Waals surface area (Å²) in [5.41, 5.74) is 1.17. The highest BCUT2D eigenvalue weighted by molar-refractivity contribution is 5.31. The Bertz CT molecular complexity index is 313. The summed E-state index contributed by atoms with van der Waals surface area (Å²) in [4.78, 5) is 3.95. The zero-order valence-electron chi connectivity index (χ0n) is 7.51. The Labute approximate surface area is 75.2 Å². The highest BCUT2D eigenvalue weighted by Crippen LogP contribution is 2.24. The summed E-state index contributed by atoms with van der Waals surface area (Å²) in [6, 6.07) is 1.35. The Hall–Kier alpha value is -1.03. The molecular weight excluding hydrogens is 176 g/mol. The van der Waals surface area contributed by atoms with Crippen LogP contribution in [0.2, 0.25) is 0 Å². The molecule has 1 aromatic rings. The third-order valence-corrected chi connectivity index (χ3v) is 1.93. The van der Waals surface area contributed by atoms with Crippen LogP contribution in [-0.2, 0) is 6.61 Å². The van der Waals surface area contributed by atoms with Crippen molar-refractivity contribution in [1.29, 1.82) is 0 Å². The molecule has 13 heavy (non-hydrogen) atoms. The summed E-state index contributed by atoms with van der Waals surface area (Å²) in [7, 11) is 0. The zero-order valence-corrected chi connectivity index (χ0v) is 7.51. The first kappa shape index (κ1) is 10.1. The Kier molecular flexibility index (Phi) is 2.93. The molecule has 0 unspecified atom stereocenters. The smallest absolute Gasteiger partial charge is 0.264 e. The molecule has 0 bridgehead atoms. The second kappa shape index (κ2) is 3.79. The minimum absolute atomic E-state index is 0.0449. The highest BCUT2D eigenvalue weighted by Gasteiger charge is 2.14. The number of aliphatic hydroxyl groups is 1. The number of pyridine rings is 1. The maximum atomic E-state index is 12.4. The molecule has 4 heteroatoms. The van der Waals surface area contributed by atoms with Gasteiger partial charge in [-0.2, -0.15) is 0 Å². The summed E-state index contributed by atoms with van der Waals surface area (Å²) in [5, 5.41) is 8.84. The molecule has 0 amide bonds. The Morgan fingerprint density at radius 3 is 2.54 bits per heavy atom. The van der Waals surface area contributed by atoms with Gasteiger partial charge in [-0.1, -0.05) is 0 Å². The van der Waals surface area contributed by atoms with E-state index in [0.717, 1.165) is 0 Å². The van der Waals surface area contributed by atoms with E-state index in [1.54, 1.807) is 13.8 Å². The van der Waals surface area contributed by atoms with Gasteiger partial charge in [-0.3, -0.25) is 4.98 Å². The predicted molar refractivity (Wildman–Crippen MR) is 44.6 cm³/mol. The second-order valence-corrected chi connectivity index (χ2v) is 2.88. The van der Waals surface area contributed by atoms with Crippen molar-refractivity contribution in [2.45, 2.75) is 26.9 Å². The van der Waals surface area contributed by atoms with Gasteiger partial charge in [0, 0.05) is 11.3 Å². The quantitative estimate of drug-likeness (QED) is 0.769. The van der Waals surface area contributed by atoms with Crippen molar-refractivity contribution in [3.63, 3.8) is 0 Å². The standard InChI is InChI=1S/C9H11F2NO/c1-5-3-7(9(10)11)6(2)8(4-13)12-5/h3,9,13H,4H2,1-2H3. The monoisotopic (exact) mass is 187 g/mol. The molecule has 1 rings (SSSR count). The van der Waals surface area contributed by atoms with Crippen molar-refractivity contribution in [2.24, 2.45) is 0 Å². The lowest BCUT2D eigenvalue weighted by Gasteiger charge is -2.09. The van der Waals surface area contributed by atoms with Crippen LogP contribution in [-0.4, -0.2) is 10.1 Å². The molecule has 0 aliphatic rings. The van der Waals surface area contributed by atoms with E-state index in [-0.39, 0.29) is 12.2 Å². The van der Waals surface area contributed by atoms with E-state index >= 15 is 0 Å². The van der Waals surface area contributed by atoms with E-state index in [9.17, 15) is 8.78 Å². The Morgan fingerprint density at radius 2 is 2.08 bits per heavy atom. The number of hydrogen-bond acceptors (Lipinski definition) is 2. The molecule has 0 aromatic carbocycles. The van der Waals surface area contributed by atoms with Crippen molar-refractivity contribution in [3.05, 3.63) is 28.6 Å². The van der Waals surface area contributed by atoms with Gasteiger partial charge in [-0.25, -0.2) is 8.78 Å². The fourth-order valence-corrected chi connectivity index (χ4v) is 1.21. The maximum absolute atomic E-state index is 12.4. The summed E-state index contributed by atoms with van der Waals surface area (Å²) in [6.07, 6.45) is -2.51. The van der Waals surface area contributed by atoms with Crippen LogP contribution in [0.25, 0.3) is 0 Å². The maximum Gasteiger partial charge on any atom is 0.264 e. The Morgan fingerprint density at radius 1 is 1.46 bits per heavy atom. The number of hydrogen-bond donors (Lipinski definition) is 1. The summed E-state index contributed by atoms with van der Waals surface area (Å²) < 4.78 is 24.8. The summed E-state index contributed by atoms with van der Waals surface area (Å²) in [5.74, 6) is 0. The molecule has 0 spiro atoms. The Balaban J connectivity index is 3.27. The van der Waals surface area contributed by atoms with Gasteiger partial charge in [0.1, 0.15) is 0 Å². The van der Waals surface area contributed by atoms with E-state index in [4.69, 9.17) is 5.11 Å². The van der Waals surface area contributed by atoms with Crippen LogP contribution < -0.4 is 0 Å². The van der Waals surface area contributed by atoms with Crippen molar-refractivity contribution >= 4 is 0 Å². The van der Waals surface area contributed by atoms with Gasteiger partial charge in [-0.15, -0.1) is 0 Å². The van der Waals surface area contributed by atoms with Gasteiger partial charge in [0.2, 0.25) is 0 Å².